The fraction of sp³-hybridized carbons (Fsp3) is 0.562. The molecule has 0 saturated carbocycles. The number of nitrogens with two attached hydrogens (primary N) is 1. The molecule has 2 saturated heterocycles. The third-order valence-corrected chi connectivity index (χ3v) is 4.98. The lowest BCUT2D eigenvalue weighted by Gasteiger charge is -2.33. The summed E-state index contributed by atoms with van der Waals surface area (Å²) in [5.74, 6) is 0.296. The normalized spacial score (nSPS) is 29.9. The number of rotatable bonds is 1. The fourth-order valence-electron chi connectivity index (χ4n) is 3.98. The first-order chi connectivity index (χ1) is 9.74. The molecule has 2 fully saturated rings. The highest BCUT2D eigenvalue weighted by atomic mass is 35.5. The van der Waals surface area contributed by atoms with E-state index >= 15 is 0 Å². The maximum atomic E-state index is 12.9. The van der Waals surface area contributed by atoms with Crippen LogP contribution in [0.1, 0.15) is 31.2 Å². The number of carbonyl (C=O) groups excluding carboxylic acids is 1. The summed E-state index contributed by atoms with van der Waals surface area (Å²) in [7, 11) is 0. The quantitative estimate of drug-likeness (QED) is 0.811. The van der Waals surface area contributed by atoms with Crippen LogP contribution in [0.4, 0.5) is 11.4 Å². The van der Waals surface area contributed by atoms with Gasteiger partial charge in [0.05, 0.1) is 18.1 Å². The van der Waals surface area contributed by atoms with Crippen molar-refractivity contribution in [2.45, 2.75) is 44.3 Å². The number of hydrogen-bond acceptors (Lipinski definition) is 3. The van der Waals surface area contributed by atoms with Crippen molar-refractivity contribution in [3.05, 3.63) is 23.8 Å². The Morgan fingerprint density at radius 2 is 2.19 bits per heavy atom. The van der Waals surface area contributed by atoms with Gasteiger partial charge in [0.1, 0.15) is 0 Å². The minimum Gasteiger partial charge on any atom is -0.398 e. The van der Waals surface area contributed by atoms with Crippen LogP contribution in [0.5, 0.6) is 0 Å². The van der Waals surface area contributed by atoms with Crippen LogP contribution >= 0.6 is 12.4 Å². The molecule has 0 aliphatic carbocycles. The summed E-state index contributed by atoms with van der Waals surface area (Å²) < 4.78 is 5.84. The topological polar surface area (TPSA) is 55.6 Å². The number of amides is 1. The summed E-state index contributed by atoms with van der Waals surface area (Å²) >= 11 is 0. The summed E-state index contributed by atoms with van der Waals surface area (Å²) in [4.78, 5) is 14.8. The first-order valence-corrected chi connectivity index (χ1v) is 7.58. The summed E-state index contributed by atoms with van der Waals surface area (Å²) in [5.41, 5.74) is 9.02. The molecular formula is C16H21ClN2O2. The van der Waals surface area contributed by atoms with E-state index in [9.17, 15) is 4.79 Å². The van der Waals surface area contributed by atoms with Crippen molar-refractivity contribution >= 4 is 29.7 Å². The number of nitrogen functional groups attached to an aromatic ring is 1. The van der Waals surface area contributed by atoms with Crippen LogP contribution < -0.4 is 10.6 Å². The molecule has 3 atom stereocenters. The average molecular weight is 309 g/mol. The Kier molecular flexibility index (Phi) is 3.84. The molecule has 3 heterocycles. The molecular weight excluding hydrogens is 288 g/mol. The van der Waals surface area contributed by atoms with Gasteiger partial charge in [-0.05, 0) is 49.8 Å². The Morgan fingerprint density at radius 1 is 1.33 bits per heavy atom. The van der Waals surface area contributed by atoms with Gasteiger partial charge in [0.2, 0.25) is 5.91 Å². The zero-order valence-corrected chi connectivity index (χ0v) is 12.8. The molecule has 1 amide bonds. The highest BCUT2D eigenvalue weighted by Gasteiger charge is 2.46. The molecule has 3 aliphatic rings. The standard InChI is InChI=1S/C16H20N2O2.ClH/c17-13-4-1-5-14-11(13)3-2-8-18(14)16(19)12-9-10-6-7-15(12)20-10;/h1,4-5,10,12,15H,2-3,6-9,17H2;1H. The molecule has 0 aromatic heterocycles. The van der Waals surface area contributed by atoms with E-state index in [4.69, 9.17) is 10.5 Å². The van der Waals surface area contributed by atoms with Gasteiger partial charge in [-0.1, -0.05) is 6.07 Å². The first-order valence-electron chi connectivity index (χ1n) is 7.58. The number of hydrogen-bond donors (Lipinski definition) is 1. The number of anilines is 2. The van der Waals surface area contributed by atoms with E-state index < -0.39 is 0 Å². The Bertz CT molecular complexity index is 563. The van der Waals surface area contributed by atoms with Gasteiger partial charge in [-0.3, -0.25) is 4.79 Å². The molecule has 4 nitrogen and oxygen atoms in total. The fourth-order valence-corrected chi connectivity index (χ4v) is 3.98. The van der Waals surface area contributed by atoms with Gasteiger partial charge in [0.15, 0.2) is 0 Å². The molecule has 4 rings (SSSR count). The van der Waals surface area contributed by atoms with Gasteiger partial charge in [-0.15, -0.1) is 12.4 Å². The average Bonchev–Trinajstić information content (AvgIpc) is 3.09. The summed E-state index contributed by atoms with van der Waals surface area (Å²) in [5, 5.41) is 0. The van der Waals surface area contributed by atoms with Crippen molar-refractivity contribution in [1.82, 2.24) is 0 Å². The number of fused-ring (bicyclic) bond motifs is 3. The van der Waals surface area contributed by atoms with Crippen LogP contribution in [0, 0.1) is 5.92 Å². The lowest BCUT2D eigenvalue weighted by atomic mass is 9.87. The zero-order chi connectivity index (χ0) is 13.7. The molecule has 0 spiro atoms. The highest BCUT2D eigenvalue weighted by molar-refractivity contribution is 5.97. The maximum Gasteiger partial charge on any atom is 0.232 e. The van der Waals surface area contributed by atoms with Crippen molar-refractivity contribution in [3.8, 4) is 0 Å². The lowest BCUT2D eigenvalue weighted by molar-refractivity contribution is -0.124. The third-order valence-electron chi connectivity index (χ3n) is 4.98. The van der Waals surface area contributed by atoms with Crippen LogP contribution in [0.25, 0.3) is 0 Å². The van der Waals surface area contributed by atoms with Crippen molar-refractivity contribution in [2.75, 3.05) is 17.2 Å². The number of halogens is 1. The van der Waals surface area contributed by atoms with Crippen molar-refractivity contribution in [1.29, 1.82) is 0 Å². The molecule has 21 heavy (non-hydrogen) atoms. The second-order valence-corrected chi connectivity index (χ2v) is 6.15. The molecule has 3 unspecified atom stereocenters. The summed E-state index contributed by atoms with van der Waals surface area (Å²) in [6, 6.07) is 5.89. The smallest absolute Gasteiger partial charge is 0.232 e. The Hall–Kier alpha value is -1.26. The van der Waals surface area contributed by atoms with Crippen molar-refractivity contribution in [3.63, 3.8) is 0 Å². The highest BCUT2D eigenvalue weighted by Crippen LogP contribution is 2.41. The van der Waals surface area contributed by atoms with E-state index in [0.717, 1.165) is 55.6 Å². The number of nitrogens with zero attached hydrogens (tertiary/aromatic N) is 1. The van der Waals surface area contributed by atoms with Gasteiger partial charge in [-0.25, -0.2) is 0 Å². The number of ether oxygens (including phenoxy) is 1. The number of benzene rings is 1. The second-order valence-electron chi connectivity index (χ2n) is 6.15. The molecule has 0 radical (unpaired) electrons. The van der Waals surface area contributed by atoms with E-state index in [-0.39, 0.29) is 30.3 Å². The van der Waals surface area contributed by atoms with Gasteiger partial charge < -0.3 is 15.4 Å². The van der Waals surface area contributed by atoms with Crippen LogP contribution in [0.2, 0.25) is 0 Å². The van der Waals surface area contributed by atoms with Crippen LogP contribution in [-0.4, -0.2) is 24.7 Å². The maximum absolute atomic E-state index is 12.9. The lowest BCUT2D eigenvalue weighted by Crippen LogP contribution is -2.42. The van der Waals surface area contributed by atoms with E-state index in [1.807, 2.05) is 23.1 Å². The molecule has 1 aromatic rings. The molecule has 2 N–H and O–H groups in total. The van der Waals surface area contributed by atoms with Gasteiger partial charge in [-0.2, -0.15) is 0 Å². The van der Waals surface area contributed by atoms with Gasteiger partial charge in [0.25, 0.3) is 0 Å². The van der Waals surface area contributed by atoms with E-state index in [1.54, 1.807) is 0 Å². The van der Waals surface area contributed by atoms with Gasteiger partial charge >= 0.3 is 0 Å². The van der Waals surface area contributed by atoms with E-state index in [1.165, 1.54) is 0 Å². The van der Waals surface area contributed by atoms with Crippen LogP contribution in [-0.2, 0) is 16.0 Å². The first kappa shape index (κ1) is 14.7. The zero-order valence-electron chi connectivity index (χ0n) is 12.0. The minimum absolute atomic E-state index is 0. The molecule has 2 bridgehead atoms. The second kappa shape index (κ2) is 5.50. The molecule has 1 aromatic carbocycles. The van der Waals surface area contributed by atoms with Crippen LogP contribution in [0.15, 0.2) is 18.2 Å². The molecule has 114 valence electrons. The van der Waals surface area contributed by atoms with Gasteiger partial charge in [0, 0.05) is 17.9 Å². The SMILES string of the molecule is Cl.Nc1cccc2c1CCCN2C(=O)C1CC2CCC1O2. The molecule has 5 heteroatoms. The van der Waals surface area contributed by atoms with Crippen LogP contribution in [0.3, 0.4) is 0 Å². The largest absolute Gasteiger partial charge is 0.398 e. The van der Waals surface area contributed by atoms with E-state index in [2.05, 4.69) is 0 Å². The molecule has 3 aliphatic heterocycles. The minimum atomic E-state index is 0. The van der Waals surface area contributed by atoms with Crippen molar-refractivity contribution < 1.29 is 9.53 Å². The monoisotopic (exact) mass is 308 g/mol. The predicted molar refractivity (Wildman–Crippen MR) is 84.8 cm³/mol. The summed E-state index contributed by atoms with van der Waals surface area (Å²) in [6.07, 6.45) is 5.50. The van der Waals surface area contributed by atoms with Crippen molar-refractivity contribution in [2.24, 2.45) is 5.92 Å². The number of carbonyl (C=O) groups is 1. The Morgan fingerprint density at radius 3 is 2.90 bits per heavy atom. The third kappa shape index (κ3) is 2.30. The Labute approximate surface area is 131 Å². The summed E-state index contributed by atoms with van der Waals surface area (Å²) in [6.45, 7) is 0.809. The predicted octanol–water partition coefficient (Wildman–Crippen LogP) is 2.54. The Balaban J connectivity index is 0.00000132. The van der Waals surface area contributed by atoms with E-state index in [0.29, 0.717) is 6.10 Å².